The van der Waals surface area contributed by atoms with Gasteiger partial charge in [-0.15, -0.1) is 0 Å². The van der Waals surface area contributed by atoms with Crippen molar-refractivity contribution < 1.29 is 4.74 Å². The van der Waals surface area contributed by atoms with Gasteiger partial charge in [0.05, 0.1) is 24.2 Å². The molecule has 0 amide bonds. The molecule has 0 atom stereocenters. The molecule has 1 saturated heterocycles. The van der Waals surface area contributed by atoms with Gasteiger partial charge < -0.3 is 9.30 Å². The number of rotatable bonds is 5. The summed E-state index contributed by atoms with van der Waals surface area (Å²) in [4.78, 5) is 7.27. The fourth-order valence-corrected chi connectivity index (χ4v) is 3.23. The lowest BCUT2D eigenvalue weighted by molar-refractivity contribution is 0.0369. The summed E-state index contributed by atoms with van der Waals surface area (Å²) in [7, 11) is 0. The summed E-state index contributed by atoms with van der Waals surface area (Å²) < 4.78 is 7.74. The highest BCUT2D eigenvalue weighted by molar-refractivity contribution is 6.31. The average molecular weight is 322 g/mol. The summed E-state index contributed by atoms with van der Waals surface area (Å²) in [5.74, 6) is 1.56. The third kappa shape index (κ3) is 3.45. The van der Waals surface area contributed by atoms with E-state index in [2.05, 4.69) is 23.3 Å². The molecule has 0 aliphatic carbocycles. The van der Waals surface area contributed by atoms with Crippen LogP contribution in [0.15, 0.2) is 18.2 Å². The molecule has 120 valence electrons. The first-order chi connectivity index (χ1) is 10.6. The first-order valence-corrected chi connectivity index (χ1v) is 8.49. The van der Waals surface area contributed by atoms with E-state index in [1.807, 2.05) is 18.2 Å². The number of imidazole rings is 1. The highest BCUT2D eigenvalue weighted by Gasteiger charge is 2.15. The minimum absolute atomic E-state index is 0.412. The molecule has 5 heteroatoms. The fraction of sp³-hybridized carbons (Fsp3) is 0.588. The zero-order chi connectivity index (χ0) is 15.5. The molecule has 0 bridgehead atoms. The van der Waals surface area contributed by atoms with E-state index in [0.29, 0.717) is 5.92 Å². The average Bonchev–Trinajstić information content (AvgIpc) is 2.87. The number of fused-ring (bicyclic) bond motifs is 1. The van der Waals surface area contributed by atoms with Crippen LogP contribution in [0.1, 0.15) is 32.0 Å². The van der Waals surface area contributed by atoms with Crippen LogP contribution < -0.4 is 0 Å². The van der Waals surface area contributed by atoms with E-state index in [9.17, 15) is 0 Å². The summed E-state index contributed by atoms with van der Waals surface area (Å²) in [5, 5.41) is 0.775. The van der Waals surface area contributed by atoms with Crippen molar-refractivity contribution >= 4 is 22.6 Å². The monoisotopic (exact) mass is 321 g/mol. The molecule has 1 fully saturated rings. The molecule has 0 unspecified atom stereocenters. The summed E-state index contributed by atoms with van der Waals surface area (Å²) in [6, 6.07) is 5.96. The van der Waals surface area contributed by atoms with Gasteiger partial charge in [-0.1, -0.05) is 25.4 Å². The fourth-order valence-electron chi connectivity index (χ4n) is 3.07. The second-order valence-corrected chi connectivity index (χ2v) is 6.65. The molecule has 22 heavy (non-hydrogen) atoms. The van der Waals surface area contributed by atoms with E-state index < -0.39 is 0 Å². The number of ether oxygens (including phenoxy) is 1. The second kappa shape index (κ2) is 6.99. The van der Waals surface area contributed by atoms with Crippen molar-refractivity contribution in [2.24, 2.45) is 0 Å². The van der Waals surface area contributed by atoms with Gasteiger partial charge in [-0.2, -0.15) is 0 Å². The summed E-state index contributed by atoms with van der Waals surface area (Å²) >= 11 is 6.17. The van der Waals surface area contributed by atoms with Gasteiger partial charge in [-0.3, -0.25) is 4.90 Å². The van der Waals surface area contributed by atoms with E-state index in [0.717, 1.165) is 67.7 Å². The zero-order valence-corrected chi connectivity index (χ0v) is 14.1. The first kappa shape index (κ1) is 15.8. The highest BCUT2D eigenvalue weighted by atomic mass is 35.5. The minimum Gasteiger partial charge on any atom is -0.379 e. The lowest BCUT2D eigenvalue weighted by Crippen LogP contribution is -2.37. The molecule has 0 saturated carbocycles. The van der Waals surface area contributed by atoms with Crippen molar-refractivity contribution in [1.29, 1.82) is 0 Å². The Balaban J connectivity index is 1.75. The number of nitrogens with zero attached hydrogens (tertiary/aromatic N) is 3. The Bertz CT molecular complexity index is 632. The Hall–Kier alpha value is -1.10. The second-order valence-electron chi connectivity index (χ2n) is 6.22. The number of benzene rings is 1. The van der Waals surface area contributed by atoms with Crippen LogP contribution in [0, 0.1) is 0 Å². The van der Waals surface area contributed by atoms with Gasteiger partial charge in [0.2, 0.25) is 0 Å². The predicted octanol–water partition coefficient (Wildman–Crippen LogP) is 3.54. The van der Waals surface area contributed by atoms with Crippen LogP contribution in [0.3, 0.4) is 0 Å². The Morgan fingerprint density at radius 3 is 2.73 bits per heavy atom. The van der Waals surface area contributed by atoms with Crippen molar-refractivity contribution in [3.8, 4) is 0 Å². The number of hydrogen-bond acceptors (Lipinski definition) is 3. The topological polar surface area (TPSA) is 30.3 Å². The van der Waals surface area contributed by atoms with Gasteiger partial charge in [-0.05, 0) is 24.6 Å². The van der Waals surface area contributed by atoms with Crippen molar-refractivity contribution in [3.05, 3.63) is 29.0 Å². The van der Waals surface area contributed by atoms with Crippen LogP contribution in [0.4, 0.5) is 0 Å². The smallest absolute Gasteiger partial charge is 0.112 e. The third-order valence-electron chi connectivity index (χ3n) is 4.22. The Morgan fingerprint density at radius 1 is 1.23 bits per heavy atom. The first-order valence-electron chi connectivity index (χ1n) is 8.11. The van der Waals surface area contributed by atoms with Crippen LogP contribution in [0.2, 0.25) is 5.02 Å². The summed E-state index contributed by atoms with van der Waals surface area (Å²) in [5.41, 5.74) is 2.19. The molecule has 2 heterocycles. The summed E-state index contributed by atoms with van der Waals surface area (Å²) in [6.07, 6.45) is 1.12. The van der Waals surface area contributed by atoms with E-state index in [1.165, 1.54) is 0 Å². The standard InChI is InChI=1S/C17H24ClN3O/c1-13(2)17-19-15-5-4-14(18)12-16(15)21(17)7-3-6-20-8-10-22-11-9-20/h4-5,12-13H,3,6-11H2,1-2H3. The van der Waals surface area contributed by atoms with Gasteiger partial charge in [0.15, 0.2) is 0 Å². The van der Waals surface area contributed by atoms with Gasteiger partial charge in [0.1, 0.15) is 5.82 Å². The van der Waals surface area contributed by atoms with Crippen LogP contribution in [-0.4, -0.2) is 47.3 Å². The zero-order valence-electron chi connectivity index (χ0n) is 13.4. The lowest BCUT2D eigenvalue weighted by atomic mass is 10.2. The van der Waals surface area contributed by atoms with Crippen LogP contribution >= 0.6 is 11.6 Å². The van der Waals surface area contributed by atoms with Gasteiger partial charge >= 0.3 is 0 Å². The minimum atomic E-state index is 0.412. The number of aryl methyl sites for hydroxylation is 1. The van der Waals surface area contributed by atoms with Crippen LogP contribution in [0.5, 0.6) is 0 Å². The van der Waals surface area contributed by atoms with Gasteiger partial charge in [0.25, 0.3) is 0 Å². The molecule has 1 aliphatic heterocycles. The SMILES string of the molecule is CC(C)c1nc2ccc(Cl)cc2n1CCCN1CCOCC1. The summed E-state index contributed by atoms with van der Waals surface area (Å²) in [6.45, 7) is 10.3. The normalized spacial score (nSPS) is 16.7. The highest BCUT2D eigenvalue weighted by Crippen LogP contribution is 2.25. The number of hydrogen-bond donors (Lipinski definition) is 0. The molecule has 4 nitrogen and oxygen atoms in total. The molecular weight excluding hydrogens is 298 g/mol. The molecule has 3 rings (SSSR count). The van der Waals surface area contributed by atoms with Crippen LogP contribution in [-0.2, 0) is 11.3 Å². The lowest BCUT2D eigenvalue weighted by Gasteiger charge is -2.26. The van der Waals surface area contributed by atoms with E-state index in [1.54, 1.807) is 0 Å². The Labute approximate surface area is 137 Å². The number of morpholine rings is 1. The van der Waals surface area contributed by atoms with Crippen molar-refractivity contribution in [3.63, 3.8) is 0 Å². The molecule has 0 spiro atoms. The van der Waals surface area contributed by atoms with Crippen molar-refractivity contribution in [1.82, 2.24) is 14.5 Å². The predicted molar refractivity (Wildman–Crippen MR) is 90.7 cm³/mol. The molecule has 2 aromatic rings. The molecule has 1 aliphatic rings. The molecular formula is C17H24ClN3O. The van der Waals surface area contributed by atoms with Crippen molar-refractivity contribution in [2.75, 3.05) is 32.8 Å². The maximum atomic E-state index is 6.17. The third-order valence-corrected chi connectivity index (χ3v) is 4.45. The van der Waals surface area contributed by atoms with Gasteiger partial charge in [0, 0.05) is 37.1 Å². The molecule has 0 N–H and O–H groups in total. The van der Waals surface area contributed by atoms with E-state index in [-0.39, 0.29) is 0 Å². The Kier molecular flexibility index (Phi) is 5.01. The largest absolute Gasteiger partial charge is 0.379 e. The maximum absolute atomic E-state index is 6.17. The van der Waals surface area contributed by atoms with Gasteiger partial charge in [-0.25, -0.2) is 4.98 Å². The van der Waals surface area contributed by atoms with E-state index >= 15 is 0 Å². The Morgan fingerprint density at radius 2 is 2.00 bits per heavy atom. The molecule has 0 radical (unpaired) electrons. The molecule has 1 aromatic heterocycles. The maximum Gasteiger partial charge on any atom is 0.112 e. The quantitative estimate of drug-likeness (QED) is 0.844. The number of halogens is 1. The van der Waals surface area contributed by atoms with Crippen molar-refractivity contribution in [2.45, 2.75) is 32.7 Å². The number of aromatic nitrogens is 2. The molecule has 1 aromatic carbocycles. The van der Waals surface area contributed by atoms with Crippen LogP contribution in [0.25, 0.3) is 11.0 Å². The van der Waals surface area contributed by atoms with E-state index in [4.69, 9.17) is 21.3 Å².